The van der Waals surface area contributed by atoms with Crippen LogP contribution in [0.2, 0.25) is 0 Å². The van der Waals surface area contributed by atoms with Crippen molar-refractivity contribution in [3.8, 4) is 5.75 Å². The van der Waals surface area contributed by atoms with E-state index in [-0.39, 0.29) is 22.8 Å². The molecule has 0 aliphatic rings. The number of hydrogen-bond acceptors (Lipinski definition) is 5. The van der Waals surface area contributed by atoms with Crippen LogP contribution in [0, 0.1) is 19.7 Å². The van der Waals surface area contributed by atoms with Crippen molar-refractivity contribution in [1.82, 2.24) is 4.57 Å². The lowest BCUT2D eigenvalue weighted by Gasteiger charge is -2.12. The van der Waals surface area contributed by atoms with E-state index in [1.54, 1.807) is 30.3 Å². The minimum absolute atomic E-state index is 0.0229. The highest BCUT2D eigenvalue weighted by Crippen LogP contribution is 2.21. The van der Waals surface area contributed by atoms with Crippen LogP contribution in [-0.4, -0.2) is 35.4 Å². The van der Waals surface area contributed by atoms with Crippen LogP contribution in [0.3, 0.4) is 0 Å². The Kier molecular flexibility index (Phi) is 7.97. The van der Waals surface area contributed by atoms with E-state index in [0.29, 0.717) is 12.1 Å². The predicted octanol–water partition coefficient (Wildman–Crippen LogP) is 4.49. The van der Waals surface area contributed by atoms with E-state index < -0.39 is 30.9 Å². The number of halogens is 1. The van der Waals surface area contributed by atoms with Crippen LogP contribution in [-0.2, 0) is 16.1 Å². The molecule has 3 aromatic rings. The van der Waals surface area contributed by atoms with Crippen molar-refractivity contribution in [2.45, 2.75) is 20.4 Å². The zero-order valence-corrected chi connectivity index (χ0v) is 19.0. The summed E-state index contributed by atoms with van der Waals surface area (Å²) in [6.07, 6.45) is 1.74. The number of nitrogens with one attached hydrogen (secondary N) is 1. The quantitative estimate of drug-likeness (QED) is 0.272. The smallest absolute Gasteiger partial charge is 0.342 e. The first kappa shape index (κ1) is 24.4. The highest BCUT2D eigenvalue weighted by molar-refractivity contribution is 6.01. The molecule has 0 unspecified atom stereocenters. The molecule has 0 saturated carbocycles. The van der Waals surface area contributed by atoms with Crippen LogP contribution in [0.4, 0.5) is 10.1 Å². The maximum absolute atomic E-state index is 13.7. The summed E-state index contributed by atoms with van der Waals surface area (Å²) in [5.41, 5.74) is 2.23. The van der Waals surface area contributed by atoms with Gasteiger partial charge in [-0.2, -0.15) is 0 Å². The van der Waals surface area contributed by atoms with Gasteiger partial charge in [-0.1, -0.05) is 30.3 Å². The van der Waals surface area contributed by atoms with Gasteiger partial charge >= 0.3 is 5.97 Å². The zero-order valence-electron chi connectivity index (χ0n) is 19.0. The fourth-order valence-electron chi connectivity index (χ4n) is 3.43. The average Bonchev–Trinajstić information content (AvgIpc) is 3.11. The summed E-state index contributed by atoms with van der Waals surface area (Å²) in [6, 6.07) is 13.7. The lowest BCUT2D eigenvalue weighted by atomic mass is 10.1. The number of benzene rings is 2. The number of anilines is 1. The number of para-hydroxylation sites is 2. The fourth-order valence-corrected chi connectivity index (χ4v) is 3.43. The van der Waals surface area contributed by atoms with Crippen molar-refractivity contribution in [3.63, 3.8) is 0 Å². The summed E-state index contributed by atoms with van der Waals surface area (Å²) in [5.74, 6) is -2.17. The number of nitrogens with zero attached hydrogens (tertiary/aromatic N) is 1. The van der Waals surface area contributed by atoms with Crippen molar-refractivity contribution in [1.29, 1.82) is 0 Å². The molecule has 0 radical (unpaired) electrons. The third-order valence-electron chi connectivity index (χ3n) is 5.13. The number of esters is 1. The lowest BCUT2D eigenvalue weighted by molar-refractivity contribution is -0.118. The van der Waals surface area contributed by atoms with E-state index in [0.717, 1.165) is 11.4 Å². The second kappa shape index (κ2) is 11.1. The molecule has 2 aromatic carbocycles. The largest absolute Gasteiger partial charge is 0.483 e. The van der Waals surface area contributed by atoms with Gasteiger partial charge < -0.3 is 19.4 Å². The standard InChI is InChI=1S/C26H25FN2O5/c1-4-13-29-17(2)14-20(18(29)3)23(30)15-34-26(32)19-9-5-8-12-24(19)33-16-25(31)28-22-11-7-6-10-21(22)27/h4-12,14H,1,13,15-16H2,2-3H3,(H,28,31). The first-order valence-corrected chi connectivity index (χ1v) is 10.6. The molecule has 0 saturated heterocycles. The monoisotopic (exact) mass is 464 g/mol. The Bertz CT molecular complexity index is 1230. The molecule has 1 N–H and O–H groups in total. The average molecular weight is 464 g/mol. The number of allylic oxidation sites excluding steroid dienone is 1. The normalized spacial score (nSPS) is 10.4. The van der Waals surface area contributed by atoms with Crippen molar-refractivity contribution >= 4 is 23.3 Å². The summed E-state index contributed by atoms with van der Waals surface area (Å²) in [4.78, 5) is 37.4. The van der Waals surface area contributed by atoms with E-state index in [4.69, 9.17) is 9.47 Å². The van der Waals surface area contributed by atoms with Crippen LogP contribution in [0.1, 0.15) is 32.1 Å². The van der Waals surface area contributed by atoms with Crippen LogP contribution in [0.5, 0.6) is 5.75 Å². The maximum atomic E-state index is 13.7. The summed E-state index contributed by atoms with van der Waals surface area (Å²) in [5, 5.41) is 2.40. The predicted molar refractivity (Wildman–Crippen MR) is 126 cm³/mol. The molecular formula is C26H25FN2O5. The first-order valence-electron chi connectivity index (χ1n) is 10.6. The SMILES string of the molecule is C=CCn1c(C)cc(C(=O)COC(=O)c2ccccc2OCC(=O)Nc2ccccc2F)c1C. The van der Waals surface area contributed by atoms with Gasteiger partial charge in [-0.3, -0.25) is 9.59 Å². The molecule has 8 heteroatoms. The number of rotatable bonds is 10. The molecule has 0 atom stereocenters. The molecule has 176 valence electrons. The molecular weight excluding hydrogens is 439 g/mol. The van der Waals surface area contributed by atoms with E-state index in [1.807, 2.05) is 18.4 Å². The van der Waals surface area contributed by atoms with Gasteiger partial charge in [-0.25, -0.2) is 9.18 Å². The summed E-state index contributed by atoms with van der Waals surface area (Å²) in [7, 11) is 0. The Morgan fingerprint density at radius 2 is 1.74 bits per heavy atom. The van der Waals surface area contributed by atoms with E-state index >= 15 is 0 Å². The fraction of sp³-hybridized carbons (Fsp3) is 0.192. The molecule has 0 aliphatic carbocycles. The molecule has 0 fully saturated rings. The Morgan fingerprint density at radius 3 is 2.47 bits per heavy atom. The van der Waals surface area contributed by atoms with Gasteiger partial charge in [0.1, 0.15) is 17.1 Å². The lowest BCUT2D eigenvalue weighted by Crippen LogP contribution is -2.22. The minimum atomic E-state index is -0.765. The summed E-state index contributed by atoms with van der Waals surface area (Å²) >= 11 is 0. The summed E-state index contributed by atoms with van der Waals surface area (Å²) in [6.45, 7) is 7.09. The topological polar surface area (TPSA) is 86.6 Å². The van der Waals surface area contributed by atoms with Crippen molar-refractivity contribution < 1.29 is 28.2 Å². The van der Waals surface area contributed by atoms with Gasteiger partial charge in [0.2, 0.25) is 5.78 Å². The molecule has 7 nitrogen and oxygen atoms in total. The Balaban J connectivity index is 1.61. The van der Waals surface area contributed by atoms with Gasteiger partial charge in [0.25, 0.3) is 5.91 Å². The molecule has 1 heterocycles. The van der Waals surface area contributed by atoms with Crippen LogP contribution in [0.25, 0.3) is 0 Å². The van der Waals surface area contributed by atoms with Gasteiger partial charge in [-0.05, 0) is 44.2 Å². The van der Waals surface area contributed by atoms with E-state index in [2.05, 4.69) is 11.9 Å². The van der Waals surface area contributed by atoms with Gasteiger partial charge in [0, 0.05) is 23.5 Å². The molecule has 0 spiro atoms. The third-order valence-corrected chi connectivity index (χ3v) is 5.13. The number of ketones is 1. The number of aryl methyl sites for hydroxylation is 1. The number of amides is 1. The first-order chi connectivity index (χ1) is 16.3. The molecule has 0 aliphatic heterocycles. The Hall–Kier alpha value is -4.20. The van der Waals surface area contributed by atoms with Gasteiger partial charge in [0.15, 0.2) is 13.2 Å². The number of carbonyl (C=O) groups excluding carboxylic acids is 3. The van der Waals surface area contributed by atoms with E-state index in [9.17, 15) is 18.8 Å². The molecule has 1 aromatic heterocycles. The van der Waals surface area contributed by atoms with E-state index in [1.165, 1.54) is 30.3 Å². The van der Waals surface area contributed by atoms with Crippen molar-refractivity contribution in [2.24, 2.45) is 0 Å². The number of Topliss-reactive ketones (excluding diaryl/α,β-unsaturated/α-hetero) is 1. The van der Waals surface area contributed by atoms with Gasteiger partial charge in [-0.15, -0.1) is 6.58 Å². The number of aromatic nitrogens is 1. The number of hydrogen-bond donors (Lipinski definition) is 1. The summed E-state index contributed by atoms with van der Waals surface area (Å²) < 4.78 is 26.3. The van der Waals surface area contributed by atoms with Crippen molar-refractivity contribution in [3.05, 3.63) is 95.6 Å². The third kappa shape index (κ3) is 5.78. The molecule has 3 rings (SSSR count). The second-order valence-corrected chi connectivity index (χ2v) is 7.50. The Morgan fingerprint density at radius 1 is 1.03 bits per heavy atom. The molecule has 0 bridgehead atoms. The number of carbonyl (C=O) groups is 3. The van der Waals surface area contributed by atoms with Gasteiger partial charge in [0.05, 0.1) is 5.69 Å². The van der Waals surface area contributed by atoms with Crippen LogP contribution >= 0.6 is 0 Å². The van der Waals surface area contributed by atoms with Crippen LogP contribution in [0.15, 0.2) is 67.3 Å². The van der Waals surface area contributed by atoms with Crippen molar-refractivity contribution in [2.75, 3.05) is 18.5 Å². The number of ether oxygens (including phenoxy) is 2. The highest BCUT2D eigenvalue weighted by Gasteiger charge is 2.20. The molecule has 34 heavy (non-hydrogen) atoms. The highest BCUT2D eigenvalue weighted by atomic mass is 19.1. The Labute approximate surface area is 196 Å². The zero-order chi connectivity index (χ0) is 24.7. The minimum Gasteiger partial charge on any atom is -0.483 e. The molecule has 1 amide bonds. The maximum Gasteiger partial charge on any atom is 0.342 e. The van der Waals surface area contributed by atoms with Crippen LogP contribution < -0.4 is 10.1 Å². The second-order valence-electron chi connectivity index (χ2n) is 7.50.